The van der Waals surface area contributed by atoms with Gasteiger partial charge in [0.15, 0.2) is 0 Å². The summed E-state index contributed by atoms with van der Waals surface area (Å²) in [4.78, 5) is 10.4. The van der Waals surface area contributed by atoms with Gasteiger partial charge in [-0.3, -0.25) is 4.79 Å². The second-order valence-electron chi connectivity index (χ2n) is 4.08. The zero-order valence-corrected chi connectivity index (χ0v) is 9.10. The second-order valence-corrected chi connectivity index (χ2v) is 4.08. The van der Waals surface area contributed by atoms with Crippen molar-refractivity contribution in [3.8, 4) is 0 Å². The second kappa shape index (κ2) is 4.21. The maximum atomic E-state index is 10.4. The third kappa shape index (κ3) is 2.21. The lowest BCUT2D eigenvalue weighted by atomic mass is 10.0. The summed E-state index contributed by atoms with van der Waals surface area (Å²) in [5.74, 6) is -0.0670. The highest BCUT2D eigenvalue weighted by Gasteiger charge is 2.37. The van der Waals surface area contributed by atoms with Crippen LogP contribution in [0.3, 0.4) is 0 Å². The molecular weight excluding hydrogens is 212 g/mol. The molecule has 0 saturated carbocycles. The van der Waals surface area contributed by atoms with Crippen molar-refractivity contribution in [3.05, 3.63) is 11.8 Å². The Morgan fingerprint density at radius 3 is 3.00 bits per heavy atom. The lowest BCUT2D eigenvalue weighted by molar-refractivity contribution is -0.137. The molecule has 6 heteroatoms. The van der Waals surface area contributed by atoms with Crippen LogP contribution in [0.4, 0.5) is 0 Å². The van der Waals surface area contributed by atoms with Crippen molar-refractivity contribution in [1.29, 1.82) is 0 Å². The summed E-state index contributed by atoms with van der Waals surface area (Å²) in [6.45, 7) is 2.61. The van der Waals surface area contributed by atoms with E-state index in [0.29, 0.717) is 18.4 Å². The normalized spacial score (nSPS) is 24.8. The van der Waals surface area contributed by atoms with Gasteiger partial charge in [0.2, 0.25) is 11.8 Å². The van der Waals surface area contributed by atoms with Gasteiger partial charge in [0, 0.05) is 13.0 Å². The standard InChI is InChI=1S/C10H14N2O4/c1-10(5-2-6-15-10)9-12-11-7(16-9)3-4-8(13)14/h2-6H2,1H3,(H,13,14). The molecule has 6 nitrogen and oxygen atoms in total. The molecule has 88 valence electrons. The molecule has 0 bridgehead atoms. The number of nitrogens with zero attached hydrogens (tertiary/aromatic N) is 2. The van der Waals surface area contributed by atoms with Crippen molar-refractivity contribution in [2.24, 2.45) is 0 Å². The van der Waals surface area contributed by atoms with E-state index in [1.165, 1.54) is 0 Å². The molecule has 2 heterocycles. The third-order valence-electron chi connectivity index (χ3n) is 2.69. The van der Waals surface area contributed by atoms with Crippen LogP contribution in [0.25, 0.3) is 0 Å². The zero-order chi connectivity index (χ0) is 11.6. The van der Waals surface area contributed by atoms with Crippen LogP contribution in [0.2, 0.25) is 0 Å². The molecule has 1 saturated heterocycles. The predicted octanol–water partition coefficient (Wildman–Crippen LogP) is 1.11. The first kappa shape index (κ1) is 11.1. The van der Waals surface area contributed by atoms with Crippen LogP contribution < -0.4 is 0 Å². The number of aryl methyl sites for hydroxylation is 1. The van der Waals surface area contributed by atoms with Gasteiger partial charge < -0.3 is 14.3 Å². The molecule has 1 N–H and O–H groups in total. The molecule has 1 aromatic rings. The lowest BCUT2D eigenvalue weighted by Gasteiger charge is -2.17. The zero-order valence-electron chi connectivity index (χ0n) is 9.10. The number of carboxylic acids is 1. The first-order valence-electron chi connectivity index (χ1n) is 5.29. The Morgan fingerprint density at radius 1 is 1.56 bits per heavy atom. The molecule has 1 atom stereocenters. The van der Waals surface area contributed by atoms with Crippen LogP contribution in [0.1, 0.15) is 38.0 Å². The Bertz CT molecular complexity index is 382. The van der Waals surface area contributed by atoms with E-state index in [4.69, 9.17) is 14.3 Å². The Labute approximate surface area is 92.6 Å². The van der Waals surface area contributed by atoms with Gasteiger partial charge in [0.1, 0.15) is 5.60 Å². The van der Waals surface area contributed by atoms with Crippen LogP contribution in [-0.2, 0) is 21.6 Å². The highest BCUT2D eigenvalue weighted by molar-refractivity contribution is 5.66. The average molecular weight is 226 g/mol. The highest BCUT2D eigenvalue weighted by atomic mass is 16.5. The average Bonchev–Trinajstić information content (AvgIpc) is 2.84. The molecule has 2 rings (SSSR count). The van der Waals surface area contributed by atoms with Crippen LogP contribution >= 0.6 is 0 Å². The number of carboxylic acid groups (broad SMARTS) is 1. The van der Waals surface area contributed by atoms with E-state index in [9.17, 15) is 4.79 Å². The monoisotopic (exact) mass is 226 g/mol. The molecular formula is C10H14N2O4. The Morgan fingerprint density at radius 2 is 2.38 bits per heavy atom. The lowest BCUT2D eigenvalue weighted by Crippen LogP contribution is -2.20. The van der Waals surface area contributed by atoms with E-state index < -0.39 is 11.6 Å². The van der Waals surface area contributed by atoms with Crippen LogP contribution in [0, 0.1) is 0 Å². The van der Waals surface area contributed by atoms with Crippen molar-refractivity contribution >= 4 is 5.97 Å². The SMILES string of the molecule is CC1(c2nnc(CCC(=O)O)o2)CCCO1. The van der Waals surface area contributed by atoms with Crippen LogP contribution in [-0.4, -0.2) is 27.9 Å². The summed E-state index contributed by atoms with van der Waals surface area (Å²) < 4.78 is 11.0. The largest absolute Gasteiger partial charge is 0.481 e. The third-order valence-corrected chi connectivity index (χ3v) is 2.69. The number of rotatable bonds is 4. The molecule has 0 spiro atoms. The van der Waals surface area contributed by atoms with E-state index in [1.807, 2.05) is 6.92 Å². The number of hydrogen-bond acceptors (Lipinski definition) is 5. The summed E-state index contributed by atoms with van der Waals surface area (Å²) >= 11 is 0. The van der Waals surface area contributed by atoms with Crippen LogP contribution in [0.15, 0.2) is 4.42 Å². The molecule has 0 aromatic carbocycles. The number of ether oxygens (including phenoxy) is 1. The maximum Gasteiger partial charge on any atom is 0.303 e. The smallest absolute Gasteiger partial charge is 0.303 e. The molecule has 0 amide bonds. The quantitative estimate of drug-likeness (QED) is 0.827. The van der Waals surface area contributed by atoms with Gasteiger partial charge in [-0.25, -0.2) is 0 Å². The fourth-order valence-corrected chi connectivity index (χ4v) is 1.73. The van der Waals surface area contributed by atoms with Crippen molar-refractivity contribution < 1.29 is 19.1 Å². The molecule has 0 aliphatic carbocycles. The summed E-state index contributed by atoms with van der Waals surface area (Å²) in [5.41, 5.74) is -0.492. The molecule has 1 aliphatic rings. The van der Waals surface area contributed by atoms with Gasteiger partial charge in [-0.15, -0.1) is 10.2 Å². The van der Waals surface area contributed by atoms with E-state index >= 15 is 0 Å². The van der Waals surface area contributed by atoms with E-state index in [-0.39, 0.29) is 12.8 Å². The minimum Gasteiger partial charge on any atom is -0.481 e. The fraction of sp³-hybridized carbons (Fsp3) is 0.700. The molecule has 16 heavy (non-hydrogen) atoms. The number of aromatic nitrogens is 2. The first-order valence-corrected chi connectivity index (χ1v) is 5.29. The minimum absolute atomic E-state index is 0.000789. The van der Waals surface area contributed by atoms with E-state index in [2.05, 4.69) is 10.2 Å². The summed E-state index contributed by atoms with van der Waals surface area (Å²) in [7, 11) is 0. The Hall–Kier alpha value is -1.43. The van der Waals surface area contributed by atoms with Crippen molar-refractivity contribution in [3.63, 3.8) is 0 Å². The van der Waals surface area contributed by atoms with Crippen molar-refractivity contribution in [1.82, 2.24) is 10.2 Å². The van der Waals surface area contributed by atoms with Crippen molar-refractivity contribution in [2.45, 2.75) is 38.2 Å². The van der Waals surface area contributed by atoms with Crippen molar-refractivity contribution in [2.75, 3.05) is 6.61 Å². The minimum atomic E-state index is -0.872. The van der Waals surface area contributed by atoms with Gasteiger partial charge >= 0.3 is 5.97 Å². The topological polar surface area (TPSA) is 85.5 Å². The van der Waals surface area contributed by atoms with Gasteiger partial charge in [0.05, 0.1) is 6.42 Å². The number of aliphatic carboxylic acids is 1. The number of hydrogen-bond donors (Lipinski definition) is 1. The summed E-state index contributed by atoms with van der Waals surface area (Å²) in [6.07, 6.45) is 2.09. The summed E-state index contributed by atoms with van der Waals surface area (Å²) in [6, 6.07) is 0. The summed E-state index contributed by atoms with van der Waals surface area (Å²) in [5, 5.41) is 16.3. The highest BCUT2D eigenvalue weighted by Crippen LogP contribution is 2.34. The Balaban J connectivity index is 2.04. The van der Waals surface area contributed by atoms with E-state index in [1.54, 1.807) is 0 Å². The Kier molecular flexibility index (Phi) is 2.91. The fourth-order valence-electron chi connectivity index (χ4n) is 1.73. The van der Waals surface area contributed by atoms with Gasteiger partial charge in [-0.2, -0.15) is 0 Å². The van der Waals surface area contributed by atoms with E-state index in [0.717, 1.165) is 12.8 Å². The van der Waals surface area contributed by atoms with Gasteiger partial charge in [0.25, 0.3) is 0 Å². The van der Waals surface area contributed by atoms with Gasteiger partial charge in [-0.05, 0) is 19.8 Å². The van der Waals surface area contributed by atoms with Gasteiger partial charge in [-0.1, -0.05) is 0 Å². The molecule has 1 aromatic heterocycles. The predicted molar refractivity (Wildman–Crippen MR) is 52.8 cm³/mol. The van der Waals surface area contributed by atoms with Crippen LogP contribution in [0.5, 0.6) is 0 Å². The maximum absolute atomic E-state index is 10.4. The molecule has 1 aliphatic heterocycles. The molecule has 0 radical (unpaired) electrons. The number of carbonyl (C=O) groups is 1. The molecule has 1 fully saturated rings. The molecule has 1 unspecified atom stereocenters. The first-order chi connectivity index (χ1) is 7.60.